The second kappa shape index (κ2) is 5.66. The van der Waals surface area contributed by atoms with Crippen molar-refractivity contribution in [3.8, 4) is 11.6 Å². The van der Waals surface area contributed by atoms with Crippen LogP contribution >= 0.6 is 0 Å². The minimum Gasteiger partial charge on any atom is -0.461 e. The molecule has 3 aromatic rings. The molecule has 0 saturated heterocycles. The lowest BCUT2D eigenvalue weighted by Gasteiger charge is -2.27. The number of aromatic amines is 1. The third-order valence-electron chi connectivity index (χ3n) is 4.41. The molecule has 23 heavy (non-hydrogen) atoms. The normalized spacial score (nSPS) is 14.9. The molecule has 0 amide bonds. The zero-order chi connectivity index (χ0) is 15.8. The van der Waals surface area contributed by atoms with E-state index in [0.29, 0.717) is 5.82 Å². The molecule has 4 rings (SSSR count). The van der Waals surface area contributed by atoms with E-state index in [-0.39, 0.29) is 0 Å². The Morgan fingerprint density at radius 3 is 3.00 bits per heavy atom. The van der Waals surface area contributed by atoms with E-state index >= 15 is 0 Å². The van der Waals surface area contributed by atoms with Gasteiger partial charge in [0.1, 0.15) is 0 Å². The maximum Gasteiger partial charge on any atom is 0.195 e. The predicted octanol–water partition coefficient (Wildman–Crippen LogP) is 3.24. The number of furan rings is 1. The summed E-state index contributed by atoms with van der Waals surface area (Å²) in [4.78, 5) is 15.0. The third-order valence-corrected chi connectivity index (χ3v) is 4.41. The summed E-state index contributed by atoms with van der Waals surface area (Å²) in [5.41, 5.74) is 6.20. The summed E-state index contributed by atoms with van der Waals surface area (Å²) in [6, 6.07) is 5.96. The van der Waals surface area contributed by atoms with E-state index < -0.39 is 0 Å². The first kappa shape index (κ1) is 14.2. The molecule has 4 heterocycles. The van der Waals surface area contributed by atoms with Crippen LogP contribution in [0.15, 0.2) is 35.1 Å². The van der Waals surface area contributed by atoms with Gasteiger partial charge in [-0.15, -0.1) is 0 Å². The summed E-state index contributed by atoms with van der Waals surface area (Å²) in [6.07, 6.45) is 4.59. The van der Waals surface area contributed by atoms with Gasteiger partial charge in [-0.25, -0.2) is 9.97 Å². The van der Waals surface area contributed by atoms with Crippen molar-refractivity contribution in [2.45, 2.75) is 33.4 Å². The molecule has 0 bridgehead atoms. The van der Waals surface area contributed by atoms with Crippen LogP contribution in [0, 0.1) is 13.8 Å². The molecule has 0 radical (unpaired) electrons. The average Bonchev–Trinajstić information content (AvgIpc) is 3.17. The molecule has 118 valence electrons. The summed E-state index contributed by atoms with van der Waals surface area (Å²) < 4.78 is 5.41. The molecule has 0 saturated carbocycles. The Labute approximate surface area is 135 Å². The molecule has 5 nitrogen and oxygen atoms in total. The first-order chi connectivity index (χ1) is 11.2. The third kappa shape index (κ3) is 2.80. The average molecular weight is 308 g/mol. The van der Waals surface area contributed by atoms with Crippen LogP contribution in [0.2, 0.25) is 0 Å². The van der Waals surface area contributed by atoms with Gasteiger partial charge in [0, 0.05) is 37.2 Å². The van der Waals surface area contributed by atoms with E-state index in [1.165, 1.54) is 22.5 Å². The van der Waals surface area contributed by atoms with E-state index in [9.17, 15) is 0 Å². The molecule has 5 heteroatoms. The van der Waals surface area contributed by atoms with Gasteiger partial charge in [0.2, 0.25) is 0 Å². The molecular formula is C18H20N4O. The zero-order valence-electron chi connectivity index (χ0n) is 13.5. The predicted molar refractivity (Wildman–Crippen MR) is 87.8 cm³/mol. The van der Waals surface area contributed by atoms with Gasteiger partial charge in [0.05, 0.1) is 12.0 Å². The van der Waals surface area contributed by atoms with Crippen LogP contribution in [-0.2, 0) is 19.5 Å². The molecule has 0 aromatic carbocycles. The Morgan fingerprint density at radius 1 is 1.35 bits per heavy atom. The molecule has 1 aliphatic rings. The van der Waals surface area contributed by atoms with E-state index in [2.05, 4.69) is 34.8 Å². The van der Waals surface area contributed by atoms with Crippen molar-refractivity contribution < 1.29 is 4.42 Å². The first-order valence-corrected chi connectivity index (χ1v) is 7.95. The molecule has 1 aliphatic heterocycles. The van der Waals surface area contributed by atoms with Crippen molar-refractivity contribution in [3.63, 3.8) is 0 Å². The highest BCUT2D eigenvalue weighted by molar-refractivity contribution is 5.46. The summed E-state index contributed by atoms with van der Waals surface area (Å²) in [6.45, 7) is 7.08. The second-order valence-corrected chi connectivity index (χ2v) is 6.22. The quantitative estimate of drug-likeness (QED) is 0.807. The lowest BCUT2D eigenvalue weighted by atomic mass is 10.1. The van der Waals surface area contributed by atoms with Crippen molar-refractivity contribution in [2.75, 3.05) is 6.54 Å². The fourth-order valence-corrected chi connectivity index (χ4v) is 3.19. The number of H-pyrrole nitrogens is 1. The number of aromatic nitrogens is 3. The van der Waals surface area contributed by atoms with Crippen molar-refractivity contribution in [1.82, 2.24) is 19.9 Å². The molecule has 0 unspecified atom stereocenters. The zero-order valence-corrected chi connectivity index (χ0v) is 13.5. The highest BCUT2D eigenvalue weighted by Gasteiger charge is 2.20. The van der Waals surface area contributed by atoms with Gasteiger partial charge in [0.25, 0.3) is 0 Å². The lowest BCUT2D eigenvalue weighted by molar-refractivity contribution is 0.238. The van der Waals surface area contributed by atoms with Crippen molar-refractivity contribution >= 4 is 0 Å². The van der Waals surface area contributed by atoms with Crippen LogP contribution in [0.4, 0.5) is 0 Å². The van der Waals surface area contributed by atoms with Gasteiger partial charge in [-0.2, -0.15) is 0 Å². The maximum absolute atomic E-state index is 5.41. The number of aryl methyl sites for hydroxylation is 2. The number of hydrogen-bond donors (Lipinski definition) is 1. The standard InChI is InChI=1S/C18H20N4O/c1-12-8-13(2)20-15(12)10-22-6-5-14-9-19-18(21-16(14)11-22)17-4-3-7-23-17/h3-4,7-9,20H,5-6,10-11H2,1-2H3. The van der Waals surface area contributed by atoms with E-state index in [1.54, 1.807) is 6.26 Å². The van der Waals surface area contributed by atoms with Gasteiger partial charge >= 0.3 is 0 Å². The van der Waals surface area contributed by atoms with Crippen LogP contribution in [0.1, 0.15) is 28.2 Å². The van der Waals surface area contributed by atoms with Crippen molar-refractivity contribution in [3.05, 3.63) is 58.9 Å². The second-order valence-electron chi connectivity index (χ2n) is 6.22. The Bertz CT molecular complexity index is 820. The van der Waals surface area contributed by atoms with Gasteiger partial charge in [-0.3, -0.25) is 4.90 Å². The van der Waals surface area contributed by atoms with Gasteiger partial charge in [0.15, 0.2) is 11.6 Å². The van der Waals surface area contributed by atoms with E-state index in [1.807, 2.05) is 18.3 Å². The Hall–Kier alpha value is -2.40. The number of hydrogen-bond acceptors (Lipinski definition) is 4. The van der Waals surface area contributed by atoms with Crippen LogP contribution in [0.25, 0.3) is 11.6 Å². The monoisotopic (exact) mass is 308 g/mol. The molecule has 0 atom stereocenters. The Balaban J connectivity index is 1.56. The van der Waals surface area contributed by atoms with Crippen LogP contribution in [0.3, 0.4) is 0 Å². The Morgan fingerprint density at radius 2 is 2.26 bits per heavy atom. The topological polar surface area (TPSA) is 58.0 Å². The van der Waals surface area contributed by atoms with Gasteiger partial charge < -0.3 is 9.40 Å². The smallest absolute Gasteiger partial charge is 0.195 e. The molecule has 3 aromatic heterocycles. The van der Waals surface area contributed by atoms with Crippen molar-refractivity contribution in [2.24, 2.45) is 0 Å². The minimum atomic E-state index is 0.669. The lowest BCUT2D eigenvalue weighted by Crippen LogP contribution is -2.31. The molecule has 1 N–H and O–H groups in total. The summed E-state index contributed by atoms with van der Waals surface area (Å²) in [7, 11) is 0. The number of fused-ring (bicyclic) bond motifs is 1. The molecule has 0 spiro atoms. The summed E-state index contributed by atoms with van der Waals surface area (Å²) >= 11 is 0. The van der Waals surface area contributed by atoms with Gasteiger partial charge in [-0.1, -0.05) is 0 Å². The first-order valence-electron chi connectivity index (χ1n) is 7.95. The SMILES string of the molecule is Cc1cc(C)c(CN2CCc3cnc(-c4ccco4)nc3C2)[nH]1. The molecule has 0 aliphatic carbocycles. The van der Waals surface area contributed by atoms with Crippen LogP contribution < -0.4 is 0 Å². The Kier molecular flexibility index (Phi) is 3.50. The largest absolute Gasteiger partial charge is 0.461 e. The van der Waals surface area contributed by atoms with Gasteiger partial charge in [-0.05, 0) is 49.6 Å². The van der Waals surface area contributed by atoms with E-state index in [0.717, 1.165) is 37.5 Å². The minimum absolute atomic E-state index is 0.669. The number of rotatable bonds is 3. The molecular weight excluding hydrogens is 288 g/mol. The fraction of sp³-hybridized carbons (Fsp3) is 0.333. The molecule has 0 fully saturated rings. The number of nitrogens with zero attached hydrogens (tertiary/aromatic N) is 3. The summed E-state index contributed by atoms with van der Waals surface area (Å²) in [5.74, 6) is 1.39. The summed E-state index contributed by atoms with van der Waals surface area (Å²) in [5, 5.41) is 0. The highest BCUT2D eigenvalue weighted by Crippen LogP contribution is 2.23. The number of nitrogens with one attached hydrogen (secondary N) is 1. The maximum atomic E-state index is 5.41. The fourth-order valence-electron chi connectivity index (χ4n) is 3.19. The van der Waals surface area contributed by atoms with Crippen LogP contribution in [0.5, 0.6) is 0 Å². The van der Waals surface area contributed by atoms with E-state index in [4.69, 9.17) is 9.40 Å². The van der Waals surface area contributed by atoms with Crippen molar-refractivity contribution in [1.29, 1.82) is 0 Å². The van der Waals surface area contributed by atoms with Crippen LogP contribution in [-0.4, -0.2) is 26.4 Å². The highest BCUT2D eigenvalue weighted by atomic mass is 16.3.